The van der Waals surface area contributed by atoms with Gasteiger partial charge >= 0.3 is 37.7 Å². The number of carbonyl (C=O) groups is 10. The molecule has 0 aliphatic carbocycles. The zero-order valence-corrected chi connectivity index (χ0v) is 69.6. The summed E-state index contributed by atoms with van der Waals surface area (Å²) in [6.45, 7) is 2.45. The molecular formula is C74H115N8O41P. The van der Waals surface area contributed by atoms with Crippen molar-refractivity contribution >= 4 is 67.2 Å². The van der Waals surface area contributed by atoms with Gasteiger partial charge in [-0.1, -0.05) is 77.1 Å². The minimum absolute atomic E-state index is 0.0297. The van der Waals surface area contributed by atoms with Gasteiger partial charge in [0.05, 0.1) is 96.9 Å². The second kappa shape index (κ2) is 49.6. The van der Waals surface area contributed by atoms with Gasteiger partial charge in [0.2, 0.25) is 29.5 Å². The van der Waals surface area contributed by atoms with Crippen LogP contribution in [0, 0.1) is 0 Å². The van der Waals surface area contributed by atoms with Crippen molar-refractivity contribution in [2.24, 2.45) is 0 Å². The average Bonchev–Trinajstić information content (AvgIpc) is 0.758. The van der Waals surface area contributed by atoms with Crippen LogP contribution in [-0.4, -0.2) is 374 Å². The number of nitrogens with zero attached hydrogens (tertiary/aromatic N) is 3. The summed E-state index contributed by atoms with van der Waals surface area (Å²) in [6.07, 6.45) is -47.4. The molecule has 1 aromatic carbocycles. The lowest BCUT2D eigenvalue weighted by Gasteiger charge is -2.50. The molecule has 1 aromatic heterocycles. The van der Waals surface area contributed by atoms with Crippen LogP contribution in [0.1, 0.15) is 123 Å². The van der Waals surface area contributed by atoms with Gasteiger partial charge in [0, 0.05) is 51.5 Å². The van der Waals surface area contributed by atoms with E-state index in [9.17, 15) is 129 Å². The lowest BCUT2D eigenvalue weighted by Crippen LogP contribution is -2.71. The third-order valence-corrected chi connectivity index (χ3v) is 20.9. The third-order valence-electron chi connectivity index (χ3n) is 20.4. The molecule has 5 amide bonds. The van der Waals surface area contributed by atoms with E-state index in [1.165, 1.54) is 38.6 Å². The van der Waals surface area contributed by atoms with Crippen molar-refractivity contribution < 1.29 is 200 Å². The van der Waals surface area contributed by atoms with E-state index < -0.39 is 304 Å². The van der Waals surface area contributed by atoms with Crippen molar-refractivity contribution in [3.63, 3.8) is 0 Å². The summed E-state index contributed by atoms with van der Waals surface area (Å²) in [5.74, 6) is -12.2. The van der Waals surface area contributed by atoms with Crippen LogP contribution in [-0.2, 0) is 143 Å². The quantitative estimate of drug-likeness (QED) is 0.0127. The van der Waals surface area contributed by atoms with Crippen molar-refractivity contribution in [1.29, 1.82) is 0 Å². The fourth-order valence-electron chi connectivity index (χ4n) is 13.7. The molecule has 0 saturated carbocycles. The Morgan fingerprint density at radius 2 is 1.10 bits per heavy atom. The number of aromatic nitrogens is 3. The van der Waals surface area contributed by atoms with Crippen LogP contribution < -0.4 is 26.6 Å². The Morgan fingerprint density at radius 1 is 0.573 bits per heavy atom. The minimum atomic E-state index is -5.53. The number of carboxylic acids is 1. The molecule has 0 bridgehead atoms. The highest BCUT2D eigenvalue weighted by Gasteiger charge is 2.61. The Morgan fingerprint density at radius 3 is 1.66 bits per heavy atom. The lowest BCUT2D eigenvalue weighted by molar-refractivity contribution is -0.386. The fourth-order valence-corrected chi connectivity index (χ4v) is 14.3. The van der Waals surface area contributed by atoms with E-state index in [2.05, 4.69) is 36.9 Å². The van der Waals surface area contributed by atoms with Gasteiger partial charge in [-0.05, 0) is 18.4 Å². The number of amides is 5. The summed E-state index contributed by atoms with van der Waals surface area (Å²) in [4.78, 5) is 151. The van der Waals surface area contributed by atoms with Gasteiger partial charge in [-0.25, -0.2) is 14.0 Å². The maximum Gasteiger partial charge on any atom is 0.470 e. The van der Waals surface area contributed by atoms with E-state index in [0.29, 0.717) is 5.56 Å². The second-order valence-electron chi connectivity index (χ2n) is 29.5. The van der Waals surface area contributed by atoms with Crippen LogP contribution >= 0.6 is 7.82 Å². The summed E-state index contributed by atoms with van der Waals surface area (Å²) in [5.41, 5.74) is 0.698. The molecule has 6 heterocycles. The van der Waals surface area contributed by atoms with E-state index in [-0.39, 0.29) is 83.3 Å². The Labute approximate surface area is 709 Å². The van der Waals surface area contributed by atoms with Crippen LogP contribution in [0.4, 0.5) is 0 Å². The molecule has 0 radical (unpaired) electrons. The topological polar surface area (TPSA) is 721 Å². The van der Waals surface area contributed by atoms with Crippen LogP contribution in [0.2, 0.25) is 0 Å². The number of aliphatic carboxylic acids is 1. The predicted octanol–water partition coefficient (Wildman–Crippen LogP) is -8.00. The first-order valence-corrected chi connectivity index (χ1v) is 41.9. The first-order valence-electron chi connectivity index (χ1n) is 40.4. The maximum atomic E-state index is 13.9. The molecule has 28 atom stereocenters. The van der Waals surface area contributed by atoms with Crippen molar-refractivity contribution in [3.8, 4) is 0 Å². The number of ether oxygens (including phenoxy) is 14. The van der Waals surface area contributed by atoms with Crippen LogP contribution in [0.25, 0.3) is 0 Å². The molecule has 20 N–H and O–H groups in total. The standard InChI is InChI=1S/C74H115N8O41P/c1-7-37(112-50(94)9-3)25-48(92)78-55-65(118-52(96)11-5)59(100)44(34-111-70-56(79-49(93)26-38(8-2)113-51(95)10-4)67(119-53(97)12-6)64(43(33-86)115-70)123-124(106,107)108)117-69(55)109-22-20-75-45(89)18-19-46(90)76-28-36-29-82(81-80-36)21-23-110-71-61(102)60(101)63(42(32-85)116-71)120-72-62(103)68(58(99)41(31-84)114-72)122-74(73(104)105)27-39(87)54(66(121-74)57(98)40(88)30-83)77-47(91)24-35-16-14-13-15-17-35/h13-17,29,37-44,54-72,83-88,98-103H,7-12,18-28,30-34H2,1-6H3,(H,75,89)(H,76,90)(H,77,91)(H,78,92)(H,79,93)(H,104,105)(H2,106,107,108)/t37-,38-,39-,40-,41?,42?,43?,44?,54-,55?,56?,57-,58+,59-,60-,61?,62?,63-,64-,65-,66?,67-,68+,69-,70-,71-,72+,74+/m1/s1. The van der Waals surface area contributed by atoms with Crippen molar-refractivity contribution in [1.82, 2.24) is 41.6 Å². The Bertz CT molecular complexity index is 3800. The smallest absolute Gasteiger partial charge is 0.470 e. The van der Waals surface area contributed by atoms with Gasteiger partial charge in [0.25, 0.3) is 5.79 Å². The number of carboxylic acid groups (broad SMARTS) is 1. The van der Waals surface area contributed by atoms with E-state index in [1.54, 1.807) is 44.2 Å². The predicted molar refractivity (Wildman–Crippen MR) is 406 cm³/mol. The molecule has 50 heteroatoms. The summed E-state index contributed by atoms with van der Waals surface area (Å²) in [6, 6.07) is 3.09. The highest BCUT2D eigenvalue weighted by atomic mass is 31.2. The van der Waals surface area contributed by atoms with Gasteiger partial charge in [-0.2, -0.15) is 0 Å². The Hall–Kier alpha value is -7.71. The van der Waals surface area contributed by atoms with Gasteiger partial charge < -0.3 is 169 Å². The number of hydrogen-bond donors (Lipinski definition) is 20. The molecule has 702 valence electrons. The van der Waals surface area contributed by atoms with Crippen LogP contribution in [0.3, 0.4) is 0 Å². The molecule has 5 aliphatic rings. The molecular weight excluding hydrogens is 1690 g/mol. The first kappa shape index (κ1) is 103. The van der Waals surface area contributed by atoms with E-state index in [0.717, 1.165) is 0 Å². The van der Waals surface area contributed by atoms with Crippen molar-refractivity contribution in [2.75, 3.05) is 52.8 Å². The number of rotatable bonds is 48. The third kappa shape index (κ3) is 29.4. The molecule has 5 aliphatic heterocycles. The molecule has 5 fully saturated rings. The number of benzene rings is 1. The van der Waals surface area contributed by atoms with E-state index in [1.807, 2.05) is 0 Å². The van der Waals surface area contributed by atoms with Gasteiger partial charge in [0.15, 0.2) is 37.4 Å². The maximum absolute atomic E-state index is 13.9. The largest absolute Gasteiger partial charge is 0.477 e. The zero-order valence-electron chi connectivity index (χ0n) is 68.7. The van der Waals surface area contributed by atoms with Crippen LogP contribution in [0.5, 0.6) is 0 Å². The highest BCUT2D eigenvalue weighted by molar-refractivity contribution is 7.46. The molecule has 0 spiro atoms. The molecule has 124 heavy (non-hydrogen) atoms. The first-order chi connectivity index (χ1) is 58.9. The summed E-state index contributed by atoms with van der Waals surface area (Å²) in [7, 11) is -5.53. The van der Waals surface area contributed by atoms with Gasteiger partial charge in [-0.3, -0.25) is 47.7 Å². The average molecular weight is 1800 g/mol. The van der Waals surface area contributed by atoms with Gasteiger partial charge in [-0.15, -0.1) is 5.10 Å². The van der Waals surface area contributed by atoms with Crippen LogP contribution in [0.15, 0.2) is 36.5 Å². The monoisotopic (exact) mass is 1800 g/mol. The number of nitrogens with one attached hydrogen (secondary N) is 5. The van der Waals surface area contributed by atoms with E-state index >= 15 is 0 Å². The minimum Gasteiger partial charge on any atom is -0.477 e. The van der Waals surface area contributed by atoms with Crippen molar-refractivity contribution in [2.45, 2.75) is 303 Å². The summed E-state index contributed by atoms with van der Waals surface area (Å²) in [5, 5.41) is 163. The number of aliphatic hydroxyl groups is 12. The van der Waals surface area contributed by atoms with Crippen molar-refractivity contribution in [3.05, 3.63) is 47.8 Å². The van der Waals surface area contributed by atoms with E-state index in [4.69, 9.17) is 70.8 Å². The van der Waals surface area contributed by atoms with Gasteiger partial charge in [0.1, 0.15) is 122 Å². The number of esters is 4. The number of aliphatic hydroxyl groups excluding tert-OH is 12. The number of phosphoric ester groups is 1. The summed E-state index contributed by atoms with van der Waals surface area (Å²) >= 11 is 0. The number of phosphoric acid groups is 1. The molecule has 2 aromatic rings. The molecule has 49 nitrogen and oxygen atoms in total. The molecule has 5 saturated heterocycles. The Kier molecular flexibility index (Phi) is 41.3. The number of hydrogen-bond acceptors (Lipinski definition) is 40. The second-order valence-corrected chi connectivity index (χ2v) is 30.6. The molecule has 7 rings (SSSR count). The number of carbonyl (C=O) groups excluding carboxylic acids is 9. The SMILES string of the molecule is CCC(=O)O[C@H](CC)CC(=O)NC1[C@H](OCCNC(=O)CCC(=O)NCc2cn(CCO[C@@H]3OC(CO)[C@@H](O[C@@H]4OC(CO)[C@H](O)[C@H](O[C@]5(C(=O)O)C[C@@H](O)[C@@H](NC(=O)Cc6ccccc6)C([C@H](O)[C@H](O)CO)O5)C4O)[C@H](O)C3O)nn2)OC(CO[C@@H]2OC(CO)[C@@H](OP(=O)(O)O)[C@H](OC(=O)CC)C2NC(=O)C[C@@H](CC)OC(=O)CC)[C@@H](O)[C@@H]1OC(=O)CC. The zero-order chi connectivity index (χ0) is 91.4. The fraction of sp³-hybridized carbons (Fsp3) is 0.757. The summed E-state index contributed by atoms with van der Waals surface area (Å²) < 4.78 is 99.4. The lowest BCUT2D eigenvalue weighted by atomic mass is 9.88. The molecule has 9 unspecified atom stereocenters. The highest BCUT2D eigenvalue weighted by Crippen LogP contribution is 2.44. The normalized spacial score (nSPS) is 31.1. The Balaban J connectivity index is 0.942.